The summed E-state index contributed by atoms with van der Waals surface area (Å²) in [6.07, 6.45) is 1.80. The highest BCUT2D eigenvalue weighted by Crippen LogP contribution is 2.22. The molecule has 0 aliphatic heterocycles. The molecular formula is C19H15ClN2. The molecule has 0 saturated carbocycles. The SMILES string of the molecule is Clc1cccc(-c2ccc(C=NNc3ccccc3)cc2)c1. The van der Waals surface area contributed by atoms with Gasteiger partial charge in [0, 0.05) is 5.02 Å². The number of nitrogens with one attached hydrogen (secondary N) is 1. The lowest BCUT2D eigenvalue weighted by Gasteiger charge is -2.03. The summed E-state index contributed by atoms with van der Waals surface area (Å²) in [6, 6.07) is 25.9. The van der Waals surface area contributed by atoms with Crippen molar-refractivity contribution in [3.8, 4) is 11.1 Å². The van der Waals surface area contributed by atoms with Gasteiger partial charge in [-0.1, -0.05) is 66.2 Å². The molecule has 0 bridgehead atoms. The molecule has 1 N–H and O–H groups in total. The Labute approximate surface area is 135 Å². The zero-order valence-corrected chi connectivity index (χ0v) is 12.7. The van der Waals surface area contributed by atoms with E-state index in [2.05, 4.69) is 22.7 Å². The van der Waals surface area contributed by atoms with Gasteiger partial charge in [0.2, 0.25) is 0 Å². The maximum absolute atomic E-state index is 6.02. The van der Waals surface area contributed by atoms with Crippen LogP contribution in [0.15, 0.2) is 84.0 Å². The molecule has 0 fully saturated rings. The molecule has 22 heavy (non-hydrogen) atoms. The van der Waals surface area contributed by atoms with Crippen molar-refractivity contribution in [3.05, 3.63) is 89.4 Å². The molecule has 0 aromatic heterocycles. The zero-order chi connectivity index (χ0) is 15.2. The van der Waals surface area contributed by atoms with E-state index in [1.165, 1.54) is 0 Å². The van der Waals surface area contributed by atoms with Crippen LogP contribution >= 0.6 is 11.6 Å². The van der Waals surface area contributed by atoms with E-state index in [0.717, 1.165) is 27.4 Å². The van der Waals surface area contributed by atoms with Crippen LogP contribution in [-0.2, 0) is 0 Å². The minimum atomic E-state index is 0.746. The minimum absolute atomic E-state index is 0.746. The molecular weight excluding hydrogens is 292 g/mol. The fourth-order valence-corrected chi connectivity index (χ4v) is 2.31. The third-order valence-electron chi connectivity index (χ3n) is 3.25. The predicted octanol–water partition coefficient (Wildman–Crippen LogP) is 5.45. The van der Waals surface area contributed by atoms with E-state index in [0.29, 0.717) is 0 Å². The van der Waals surface area contributed by atoms with Crippen molar-refractivity contribution >= 4 is 23.5 Å². The molecule has 3 aromatic carbocycles. The number of hydrogen-bond donors (Lipinski definition) is 1. The molecule has 0 spiro atoms. The first-order chi connectivity index (χ1) is 10.8. The van der Waals surface area contributed by atoms with E-state index < -0.39 is 0 Å². The van der Waals surface area contributed by atoms with Crippen molar-refractivity contribution in [2.45, 2.75) is 0 Å². The number of halogens is 1. The fraction of sp³-hybridized carbons (Fsp3) is 0. The van der Waals surface area contributed by atoms with E-state index in [4.69, 9.17) is 11.6 Å². The Kier molecular flexibility index (Phi) is 4.52. The van der Waals surface area contributed by atoms with Crippen LogP contribution in [0.1, 0.15) is 5.56 Å². The first-order valence-corrected chi connectivity index (χ1v) is 7.39. The normalized spacial score (nSPS) is 10.8. The van der Waals surface area contributed by atoms with Crippen LogP contribution in [0.2, 0.25) is 5.02 Å². The summed E-state index contributed by atoms with van der Waals surface area (Å²) in [7, 11) is 0. The number of hydrazone groups is 1. The molecule has 0 radical (unpaired) electrons. The predicted molar refractivity (Wildman–Crippen MR) is 94.5 cm³/mol. The highest BCUT2D eigenvalue weighted by Gasteiger charge is 1.98. The largest absolute Gasteiger partial charge is 0.279 e. The zero-order valence-electron chi connectivity index (χ0n) is 11.9. The van der Waals surface area contributed by atoms with Gasteiger partial charge in [-0.3, -0.25) is 5.43 Å². The smallest absolute Gasteiger partial charge is 0.0561 e. The Morgan fingerprint density at radius 2 is 1.55 bits per heavy atom. The summed E-state index contributed by atoms with van der Waals surface area (Å²) < 4.78 is 0. The molecule has 0 aliphatic rings. The van der Waals surface area contributed by atoms with Gasteiger partial charge in [-0.05, 0) is 41.0 Å². The monoisotopic (exact) mass is 306 g/mol. The molecule has 3 rings (SSSR count). The quantitative estimate of drug-likeness (QED) is 0.503. The van der Waals surface area contributed by atoms with Gasteiger partial charge in [0.25, 0.3) is 0 Å². The topological polar surface area (TPSA) is 24.4 Å². The molecule has 0 heterocycles. The maximum atomic E-state index is 6.02. The lowest BCUT2D eigenvalue weighted by Crippen LogP contribution is -1.90. The summed E-state index contributed by atoms with van der Waals surface area (Å²) in [6.45, 7) is 0. The molecule has 3 aromatic rings. The molecule has 3 heteroatoms. The molecule has 0 atom stereocenters. The van der Waals surface area contributed by atoms with Crippen molar-refractivity contribution < 1.29 is 0 Å². The minimum Gasteiger partial charge on any atom is -0.279 e. The first kappa shape index (κ1) is 14.4. The van der Waals surface area contributed by atoms with Gasteiger partial charge in [-0.15, -0.1) is 0 Å². The van der Waals surface area contributed by atoms with Crippen LogP contribution in [-0.4, -0.2) is 6.21 Å². The summed E-state index contributed by atoms with van der Waals surface area (Å²) in [5.74, 6) is 0. The Hall–Kier alpha value is -2.58. The van der Waals surface area contributed by atoms with E-state index >= 15 is 0 Å². The number of hydrogen-bond acceptors (Lipinski definition) is 2. The lowest BCUT2D eigenvalue weighted by atomic mass is 10.0. The lowest BCUT2D eigenvalue weighted by molar-refractivity contribution is 1.35. The van der Waals surface area contributed by atoms with Gasteiger partial charge >= 0.3 is 0 Å². The van der Waals surface area contributed by atoms with Gasteiger partial charge in [0.05, 0.1) is 11.9 Å². The Morgan fingerprint density at radius 1 is 0.773 bits per heavy atom. The molecule has 2 nitrogen and oxygen atoms in total. The number of nitrogens with zero attached hydrogens (tertiary/aromatic N) is 1. The molecule has 0 amide bonds. The Bertz CT molecular complexity index is 765. The second-order valence-corrected chi connectivity index (χ2v) is 5.30. The summed E-state index contributed by atoms with van der Waals surface area (Å²) in [4.78, 5) is 0. The van der Waals surface area contributed by atoms with Crippen LogP contribution in [0.3, 0.4) is 0 Å². The van der Waals surface area contributed by atoms with Crippen molar-refractivity contribution in [1.82, 2.24) is 0 Å². The van der Waals surface area contributed by atoms with Crippen LogP contribution in [0, 0.1) is 0 Å². The van der Waals surface area contributed by atoms with E-state index in [-0.39, 0.29) is 0 Å². The Balaban J connectivity index is 1.69. The molecule has 0 saturated heterocycles. The number of benzene rings is 3. The summed E-state index contributed by atoms with van der Waals surface area (Å²) >= 11 is 6.02. The van der Waals surface area contributed by atoms with Gasteiger partial charge in [-0.2, -0.15) is 5.10 Å². The number of para-hydroxylation sites is 1. The molecule has 0 aliphatic carbocycles. The first-order valence-electron chi connectivity index (χ1n) is 7.01. The standard InChI is InChI=1S/C19H15ClN2/c20-18-6-4-5-17(13-18)16-11-9-15(10-12-16)14-21-22-19-7-2-1-3-8-19/h1-14,22H. The van der Waals surface area contributed by atoms with E-state index in [9.17, 15) is 0 Å². The van der Waals surface area contributed by atoms with Crippen LogP contribution in [0.25, 0.3) is 11.1 Å². The van der Waals surface area contributed by atoms with E-state index in [1.807, 2.05) is 66.7 Å². The fourth-order valence-electron chi connectivity index (χ4n) is 2.12. The number of anilines is 1. The maximum Gasteiger partial charge on any atom is 0.0561 e. The van der Waals surface area contributed by atoms with Gasteiger partial charge < -0.3 is 0 Å². The molecule has 0 unspecified atom stereocenters. The van der Waals surface area contributed by atoms with Crippen molar-refractivity contribution in [1.29, 1.82) is 0 Å². The summed E-state index contributed by atoms with van der Waals surface area (Å²) in [5, 5.41) is 4.98. The van der Waals surface area contributed by atoms with E-state index in [1.54, 1.807) is 6.21 Å². The third-order valence-corrected chi connectivity index (χ3v) is 3.48. The molecule has 108 valence electrons. The van der Waals surface area contributed by atoms with Gasteiger partial charge in [0.15, 0.2) is 0 Å². The van der Waals surface area contributed by atoms with Crippen molar-refractivity contribution in [2.24, 2.45) is 5.10 Å². The number of rotatable bonds is 4. The van der Waals surface area contributed by atoms with Gasteiger partial charge in [-0.25, -0.2) is 0 Å². The van der Waals surface area contributed by atoms with Crippen molar-refractivity contribution in [2.75, 3.05) is 5.43 Å². The average molecular weight is 307 g/mol. The third kappa shape index (κ3) is 3.74. The van der Waals surface area contributed by atoms with Crippen LogP contribution in [0.5, 0.6) is 0 Å². The van der Waals surface area contributed by atoms with Crippen LogP contribution in [0.4, 0.5) is 5.69 Å². The highest BCUT2D eigenvalue weighted by atomic mass is 35.5. The second kappa shape index (κ2) is 6.92. The average Bonchev–Trinajstić information content (AvgIpc) is 2.56. The van der Waals surface area contributed by atoms with Crippen molar-refractivity contribution in [3.63, 3.8) is 0 Å². The summed E-state index contributed by atoms with van der Waals surface area (Å²) in [5.41, 5.74) is 7.25. The highest BCUT2D eigenvalue weighted by molar-refractivity contribution is 6.30. The van der Waals surface area contributed by atoms with Crippen LogP contribution < -0.4 is 5.43 Å². The van der Waals surface area contributed by atoms with Gasteiger partial charge in [0.1, 0.15) is 0 Å². The Morgan fingerprint density at radius 3 is 2.27 bits per heavy atom. The second-order valence-electron chi connectivity index (χ2n) is 4.87.